The number of halogens is 2. The number of unbranched alkanes of at least 4 members (excludes halogenated alkanes) is 1. The number of rotatable bonds is 8. The molecule has 106 valence electrons. The minimum absolute atomic E-state index is 0.186. The van der Waals surface area contributed by atoms with E-state index in [2.05, 4.69) is 9.78 Å². The van der Waals surface area contributed by atoms with E-state index in [-0.39, 0.29) is 17.4 Å². The normalized spacial score (nSPS) is 10.3. The maximum atomic E-state index is 11.2. The molecule has 0 radical (unpaired) electrons. The summed E-state index contributed by atoms with van der Waals surface area (Å²) in [6.45, 7) is 2.07. The van der Waals surface area contributed by atoms with Crippen molar-refractivity contribution in [1.29, 1.82) is 0 Å². The van der Waals surface area contributed by atoms with Crippen molar-refractivity contribution in [2.24, 2.45) is 0 Å². The summed E-state index contributed by atoms with van der Waals surface area (Å²) in [6.07, 6.45) is 1.83. The third-order valence-corrected chi connectivity index (χ3v) is 2.49. The molecule has 0 atom stereocenters. The third kappa shape index (κ3) is 6.63. The van der Waals surface area contributed by atoms with Crippen molar-refractivity contribution in [2.45, 2.75) is 19.8 Å². The van der Waals surface area contributed by atoms with Crippen molar-refractivity contribution in [2.75, 3.05) is 13.2 Å². The third-order valence-electron chi connectivity index (χ3n) is 1.96. The van der Waals surface area contributed by atoms with Gasteiger partial charge < -0.3 is 0 Å². The summed E-state index contributed by atoms with van der Waals surface area (Å²) in [6, 6.07) is 4.51. The van der Waals surface area contributed by atoms with Crippen LogP contribution in [0.3, 0.4) is 0 Å². The van der Waals surface area contributed by atoms with E-state index < -0.39 is 5.97 Å². The Morgan fingerprint density at radius 3 is 2.74 bits per heavy atom. The first-order valence-corrected chi connectivity index (χ1v) is 6.46. The Balaban J connectivity index is 2.22. The second-order valence-electron chi connectivity index (χ2n) is 3.55. The standard InChI is InChI=1S/C12H14Cl2O5/c1-2-3-6-16-17-8-12(15)19-18-11-5-4-9(13)7-10(11)14/h4-5,7H,2-3,6,8H2,1H3. The fourth-order valence-electron chi connectivity index (χ4n) is 1.01. The topological polar surface area (TPSA) is 54.0 Å². The van der Waals surface area contributed by atoms with Crippen LogP contribution >= 0.6 is 23.2 Å². The number of carbonyl (C=O) groups is 1. The maximum absolute atomic E-state index is 11.2. The van der Waals surface area contributed by atoms with Crippen LogP contribution in [-0.2, 0) is 19.5 Å². The van der Waals surface area contributed by atoms with Gasteiger partial charge in [-0.1, -0.05) is 36.5 Å². The molecule has 0 aromatic heterocycles. The molecule has 5 nitrogen and oxygen atoms in total. The van der Waals surface area contributed by atoms with Gasteiger partial charge >= 0.3 is 5.97 Å². The number of benzene rings is 1. The number of hydrogen-bond donors (Lipinski definition) is 0. The zero-order valence-electron chi connectivity index (χ0n) is 10.4. The van der Waals surface area contributed by atoms with E-state index in [9.17, 15) is 4.79 Å². The lowest BCUT2D eigenvalue weighted by atomic mass is 10.3. The van der Waals surface area contributed by atoms with Crippen molar-refractivity contribution in [1.82, 2.24) is 0 Å². The Labute approximate surface area is 121 Å². The van der Waals surface area contributed by atoms with Gasteiger partial charge in [-0.05, 0) is 24.6 Å². The molecule has 0 amide bonds. The minimum Gasteiger partial charge on any atom is -0.285 e. The molecule has 0 bridgehead atoms. The number of hydrogen-bond acceptors (Lipinski definition) is 5. The summed E-state index contributed by atoms with van der Waals surface area (Å²) in [5.74, 6) is -0.547. The van der Waals surface area contributed by atoms with E-state index in [1.807, 2.05) is 6.92 Å². The molecular formula is C12H14Cl2O5. The minimum atomic E-state index is -0.734. The first-order valence-electron chi connectivity index (χ1n) is 5.70. The average molecular weight is 309 g/mol. The van der Waals surface area contributed by atoms with E-state index in [1.54, 1.807) is 6.07 Å². The molecule has 7 heteroatoms. The zero-order chi connectivity index (χ0) is 14.1. The molecule has 1 rings (SSSR count). The van der Waals surface area contributed by atoms with E-state index in [0.29, 0.717) is 11.6 Å². The van der Waals surface area contributed by atoms with E-state index in [4.69, 9.17) is 33.0 Å². The SMILES string of the molecule is CCCCOOCC(=O)OOc1ccc(Cl)cc1Cl. The Bertz CT molecular complexity index is 411. The lowest BCUT2D eigenvalue weighted by Gasteiger charge is -2.06. The Morgan fingerprint density at radius 2 is 2.05 bits per heavy atom. The quantitative estimate of drug-likeness (QED) is 0.417. The van der Waals surface area contributed by atoms with Gasteiger partial charge in [-0.25, -0.2) is 19.5 Å². The smallest absolute Gasteiger partial charge is 0.285 e. The molecule has 0 heterocycles. The van der Waals surface area contributed by atoms with Crippen LogP contribution < -0.4 is 4.89 Å². The molecule has 0 aliphatic heterocycles. The molecule has 0 saturated heterocycles. The summed E-state index contributed by atoms with van der Waals surface area (Å²) >= 11 is 11.5. The summed E-state index contributed by atoms with van der Waals surface area (Å²) in [7, 11) is 0. The molecule has 19 heavy (non-hydrogen) atoms. The molecule has 0 aliphatic rings. The monoisotopic (exact) mass is 308 g/mol. The fourth-order valence-corrected chi connectivity index (χ4v) is 1.45. The molecule has 0 spiro atoms. The van der Waals surface area contributed by atoms with E-state index in [1.165, 1.54) is 12.1 Å². The van der Waals surface area contributed by atoms with Crippen LogP contribution in [0.2, 0.25) is 10.0 Å². The van der Waals surface area contributed by atoms with Gasteiger partial charge in [0.2, 0.25) is 0 Å². The summed E-state index contributed by atoms with van der Waals surface area (Å²) in [5.41, 5.74) is 0. The zero-order valence-corrected chi connectivity index (χ0v) is 11.9. The fraction of sp³-hybridized carbons (Fsp3) is 0.417. The van der Waals surface area contributed by atoms with Gasteiger partial charge in [0.05, 0.1) is 11.6 Å². The highest BCUT2D eigenvalue weighted by molar-refractivity contribution is 6.35. The van der Waals surface area contributed by atoms with Crippen molar-refractivity contribution in [3.63, 3.8) is 0 Å². The molecule has 0 unspecified atom stereocenters. The molecule has 0 fully saturated rings. The van der Waals surface area contributed by atoms with Gasteiger partial charge in [0.1, 0.15) is 0 Å². The van der Waals surface area contributed by atoms with E-state index >= 15 is 0 Å². The second kappa shape index (κ2) is 8.98. The highest BCUT2D eigenvalue weighted by Crippen LogP contribution is 2.27. The van der Waals surface area contributed by atoms with E-state index in [0.717, 1.165) is 12.8 Å². The summed E-state index contributed by atoms with van der Waals surface area (Å²) in [4.78, 5) is 29.8. The lowest BCUT2D eigenvalue weighted by molar-refractivity contribution is -0.302. The lowest BCUT2D eigenvalue weighted by Crippen LogP contribution is -2.15. The molecule has 0 aliphatic carbocycles. The van der Waals surface area contributed by atoms with Crippen LogP contribution in [-0.4, -0.2) is 19.2 Å². The van der Waals surface area contributed by atoms with Gasteiger partial charge in [0.25, 0.3) is 0 Å². The van der Waals surface area contributed by atoms with Crippen LogP contribution in [0.1, 0.15) is 19.8 Å². The van der Waals surface area contributed by atoms with Crippen molar-refractivity contribution >= 4 is 29.2 Å². The van der Waals surface area contributed by atoms with Gasteiger partial charge in [0.15, 0.2) is 12.4 Å². The summed E-state index contributed by atoms with van der Waals surface area (Å²) in [5, 5.41) is 0.691. The predicted molar refractivity (Wildman–Crippen MR) is 70.0 cm³/mol. The first-order chi connectivity index (χ1) is 9.13. The Kier molecular flexibility index (Phi) is 7.59. The van der Waals surface area contributed by atoms with Crippen molar-refractivity contribution in [3.05, 3.63) is 28.2 Å². The van der Waals surface area contributed by atoms with Crippen molar-refractivity contribution < 1.29 is 24.3 Å². The van der Waals surface area contributed by atoms with Gasteiger partial charge in [-0.2, -0.15) is 0 Å². The molecule has 1 aromatic carbocycles. The Hall–Kier alpha value is -1.01. The first kappa shape index (κ1) is 16.0. The Morgan fingerprint density at radius 1 is 1.26 bits per heavy atom. The highest BCUT2D eigenvalue weighted by atomic mass is 35.5. The molecular weight excluding hydrogens is 295 g/mol. The molecule has 0 saturated carbocycles. The van der Waals surface area contributed by atoms with Gasteiger partial charge in [-0.3, -0.25) is 4.89 Å². The van der Waals surface area contributed by atoms with Gasteiger partial charge in [0, 0.05) is 5.02 Å². The van der Waals surface area contributed by atoms with Crippen LogP contribution in [0.4, 0.5) is 0 Å². The van der Waals surface area contributed by atoms with Gasteiger partial charge in [-0.15, -0.1) is 0 Å². The second-order valence-corrected chi connectivity index (χ2v) is 4.39. The predicted octanol–water partition coefficient (Wildman–Crippen LogP) is 3.58. The molecule has 0 N–H and O–H groups in total. The average Bonchev–Trinajstić information content (AvgIpc) is 2.37. The van der Waals surface area contributed by atoms with Crippen LogP contribution in [0.15, 0.2) is 18.2 Å². The van der Waals surface area contributed by atoms with Crippen LogP contribution in [0, 0.1) is 0 Å². The highest BCUT2D eigenvalue weighted by Gasteiger charge is 2.09. The molecule has 1 aromatic rings. The van der Waals surface area contributed by atoms with Crippen LogP contribution in [0.25, 0.3) is 0 Å². The summed E-state index contributed by atoms with van der Waals surface area (Å²) < 4.78 is 0. The largest absolute Gasteiger partial charge is 0.384 e. The number of carbonyl (C=O) groups excluding carboxylic acids is 1. The van der Waals surface area contributed by atoms with Crippen LogP contribution in [0.5, 0.6) is 5.75 Å². The van der Waals surface area contributed by atoms with Crippen molar-refractivity contribution in [3.8, 4) is 5.75 Å². The maximum Gasteiger partial charge on any atom is 0.384 e.